The van der Waals surface area contributed by atoms with Crippen molar-refractivity contribution in [1.29, 1.82) is 0 Å². The first kappa shape index (κ1) is 16.5. The van der Waals surface area contributed by atoms with Crippen LogP contribution in [0.1, 0.15) is 6.42 Å². The van der Waals surface area contributed by atoms with Gasteiger partial charge in [0.2, 0.25) is 5.91 Å². The molecule has 0 aliphatic heterocycles. The lowest BCUT2D eigenvalue weighted by atomic mass is 10.2. The fourth-order valence-electron chi connectivity index (χ4n) is 2.22. The molecule has 0 fully saturated rings. The molecular formula is C18H18N4O3. The molecule has 2 aromatic carbocycles. The lowest BCUT2D eigenvalue weighted by molar-refractivity contribution is -0.116. The van der Waals surface area contributed by atoms with Gasteiger partial charge in [-0.1, -0.05) is 12.1 Å². The van der Waals surface area contributed by atoms with Gasteiger partial charge in [0.15, 0.2) is 11.5 Å². The summed E-state index contributed by atoms with van der Waals surface area (Å²) in [5.74, 6) is 1.86. The lowest BCUT2D eigenvalue weighted by Crippen LogP contribution is -2.14. The number of aryl methyl sites for hydroxylation is 1. The maximum absolute atomic E-state index is 11.9. The summed E-state index contributed by atoms with van der Waals surface area (Å²) in [6, 6.07) is 14.6. The number of anilines is 1. The first-order valence-electron chi connectivity index (χ1n) is 7.78. The van der Waals surface area contributed by atoms with Crippen molar-refractivity contribution in [3.63, 3.8) is 0 Å². The molecule has 0 aliphatic rings. The van der Waals surface area contributed by atoms with E-state index >= 15 is 0 Å². The van der Waals surface area contributed by atoms with E-state index < -0.39 is 0 Å². The number of ether oxygens (including phenoxy) is 2. The first-order chi connectivity index (χ1) is 12.2. The van der Waals surface area contributed by atoms with Crippen LogP contribution in [0.25, 0.3) is 0 Å². The highest BCUT2D eigenvalue weighted by Crippen LogP contribution is 2.31. The molecule has 0 bridgehead atoms. The number of amides is 1. The average Bonchev–Trinajstić information content (AvgIpc) is 3.16. The number of hydrogen-bond acceptors (Lipinski definition) is 5. The summed E-state index contributed by atoms with van der Waals surface area (Å²) in [5, 5.41) is 6.80. The van der Waals surface area contributed by atoms with Gasteiger partial charge in [-0.15, -0.1) is 0 Å². The largest absolute Gasteiger partial charge is 0.493 e. The summed E-state index contributed by atoms with van der Waals surface area (Å²) in [4.78, 5) is 15.8. The number of benzene rings is 2. The third kappa shape index (κ3) is 4.57. The SMILES string of the molecule is COc1ccccc1Oc1ccc(NC(=O)CCn2cncn2)cc1. The minimum Gasteiger partial charge on any atom is -0.493 e. The smallest absolute Gasteiger partial charge is 0.226 e. The summed E-state index contributed by atoms with van der Waals surface area (Å²) in [5.41, 5.74) is 0.705. The Morgan fingerprint density at radius 2 is 1.88 bits per heavy atom. The second-order valence-electron chi connectivity index (χ2n) is 5.23. The molecular weight excluding hydrogens is 320 g/mol. The fourth-order valence-corrected chi connectivity index (χ4v) is 2.22. The number of carbonyl (C=O) groups excluding carboxylic acids is 1. The van der Waals surface area contributed by atoms with Gasteiger partial charge in [-0.2, -0.15) is 5.10 Å². The minimum atomic E-state index is -0.0890. The highest BCUT2D eigenvalue weighted by Gasteiger charge is 2.06. The summed E-state index contributed by atoms with van der Waals surface area (Å²) in [7, 11) is 1.60. The highest BCUT2D eigenvalue weighted by atomic mass is 16.5. The van der Waals surface area contributed by atoms with E-state index in [2.05, 4.69) is 15.4 Å². The Morgan fingerprint density at radius 3 is 2.56 bits per heavy atom. The molecule has 0 saturated heterocycles. The molecule has 0 unspecified atom stereocenters. The molecule has 1 aromatic heterocycles. The molecule has 3 rings (SSSR count). The molecule has 0 aliphatic carbocycles. The van der Waals surface area contributed by atoms with Crippen molar-refractivity contribution in [1.82, 2.24) is 14.8 Å². The second kappa shape index (κ2) is 7.96. The van der Waals surface area contributed by atoms with Gasteiger partial charge < -0.3 is 14.8 Å². The van der Waals surface area contributed by atoms with Gasteiger partial charge in [0.1, 0.15) is 18.4 Å². The molecule has 25 heavy (non-hydrogen) atoms. The van der Waals surface area contributed by atoms with Gasteiger partial charge in [0.05, 0.1) is 13.7 Å². The Bertz CT molecular complexity index is 817. The van der Waals surface area contributed by atoms with Crippen LogP contribution in [-0.2, 0) is 11.3 Å². The van der Waals surface area contributed by atoms with Crippen LogP contribution in [0.5, 0.6) is 17.2 Å². The maximum atomic E-state index is 11.9. The molecule has 0 atom stereocenters. The quantitative estimate of drug-likeness (QED) is 0.716. The van der Waals surface area contributed by atoms with E-state index in [-0.39, 0.29) is 5.91 Å². The van der Waals surface area contributed by atoms with Crippen LogP contribution in [-0.4, -0.2) is 27.8 Å². The van der Waals surface area contributed by atoms with Crippen molar-refractivity contribution in [2.75, 3.05) is 12.4 Å². The number of methoxy groups -OCH3 is 1. The second-order valence-corrected chi connectivity index (χ2v) is 5.23. The number of nitrogens with one attached hydrogen (secondary N) is 1. The van der Waals surface area contributed by atoms with E-state index in [0.717, 1.165) is 0 Å². The van der Waals surface area contributed by atoms with E-state index in [1.165, 1.54) is 6.33 Å². The maximum Gasteiger partial charge on any atom is 0.226 e. The number of hydrogen-bond donors (Lipinski definition) is 1. The summed E-state index contributed by atoms with van der Waals surface area (Å²) >= 11 is 0. The van der Waals surface area contributed by atoms with Crippen LogP contribution < -0.4 is 14.8 Å². The van der Waals surface area contributed by atoms with E-state index in [1.54, 1.807) is 42.4 Å². The summed E-state index contributed by atoms with van der Waals surface area (Å²) < 4.78 is 12.7. The Balaban J connectivity index is 1.55. The number of rotatable bonds is 7. The fraction of sp³-hybridized carbons (Fsp3) is 0.167. The van der Waals surface area contributed by atoms with Crippen molar-refractivity contribution in [3.05, 3.63) is 61.2 Å². The number of aromatic nitrogens is 3. The van der Waals surface area contributed by atoms with Crippen LogP contribution in [0.15, 0.2) is 61.2 Å². The van der Waals surface area contributed by atoms with Crippen LogP contribution >= 0.6 is 0 Å². The third-order valence-electron chi connectivity index (χ3n) is 3.47. The molecule has 0 radical (unpaired) electrons. The topological polar surface area (TPSA) is 78.3 Å². The van der Waals surface area contributed by atoms with E-state index in [4.69, 9.17) is 9.47 Å². The molecule has 3 aromatic rings. The van der Waals surface area contributed by atoms with Crippen LogP contribution in [0.2, 0.25) is 0 Å². The van der Waals surface area contributed by atoms with Crippen molar-refractivity contribution in [3.8, 4) is 17.2 Å². The zero-order valence-electron chi connectivity index (χ0n) is 13.8. The van der Waals surface area contributed by atoms with E-state index in [9.17, 15) is 4.79 Å². The Kier molecular flexibility index (Phi) is 5.26. The molecule has 1 N–H and O–H groups in total. The molecule has 128 valence electrons. The first-order valence-corrected chi connectivity index (χ1v) is 7.78. The van der Waals surface area contributed by atoms with Crippen LogP contribution in [0.3, 0.4) is 0 Å². The van der Waals surface area contributed by atoms with Gasteiger partial charge in [-0.3, -0.25) is 9.48 Å². The van der Waals surface area contributed by atoms with Gasteiger partial charge in [0.25, 0.3) is 0 Å². The lowest BCUT2D eigenvalue weighted by Gasteiger charge is -2.11. The van der Waals surface area contributed by atoms with Gasteiger partial charge in [-0.25, -0.2) is 4.98 Å². The Morgan fingerprint density at radius 1 is 1.12 bits per heavy atom. The van der Waals surface area contributed by atoms with E-state index in [0.29, 0.717) is 35.9 Å². The monoisotopic (exact) mass is 338 g/mol. The molecule has 1 heterocycles. The van der Waals surface area contributed by atoms with Crippen molar-refractivity contribution >= 4 is 11.6 Å². The van der Waals surface area contributed by atoms with Crippen LogP contribution in [0, 0.1) is 0 Å². The zero-order chi connectivity index (χ0) is 17.5. The predicted molar refractivity (Wildman–Crippen MR) is 92.8 cm³/mol. The highest BCUT2D eigenvalue weighted by molar-refractivity contribution is 5.90. The Hall–Kier alpha value is -3.35. The molecule has 0 spiro atoms. The normalized spacial score (nSPS) is 10.3. The molecule has 1 amide bonds. The van der Waals surface area contributed by atoms with Crippen molar-refractivity contribution < 1.29 is 14.3 Å². The predicted octanol–water partition coefficient (Wildman–Crippen LogP) is 3.11. The van der Waals surface area contributed by atoms with Crippen molar-refractivity contribution in [2.45, 2.75) is 13.0 Å². The summed E-state index contributed by atoms with van der Waals surface area (Å²) in [6.07, 6.45) is 3.35. The van der Waals surface area contributed by atoms with E-state index in [1.807, 2.05) is 24.3 Å². The Labute approximate surface area is 145 Å². The zero-order valence-corrected chi connectivity index (χ0v) is 13.8. The standard InChI is InChI=1S/C18H18N4O3/c1-24-16-4-2-3-5-17(16)25-15-8-6-14(7-9-15)21-18(23)10-11-22-13-19-12-20-22/h2-9,12-13H,10-11H2,1H3,(H,21,23). The minimum absolute atomic E-state index is 0.0890. The van der Waals surface area contributed by atoms with Gasteiger partial charge in [0, 0.05) is 12.1 Å². The molecule has 0 saturated carbocycles. The third-order valence-corrected chi connectivity index (χ3v) is 3.47. The van der Waals surface area contributed by atoms with Gasteiger partial charge in [-0.05, 0) is 36.4 Å². The summed E-state index contributed by atoms with van der Waals surface area (Å²) in [6.45, 7) is 0.487. The number of nitrogens with zero attached hydrogens (tertiary/aromatic N) is 3. The van der Waals surface area contributed by atoms with Gasteiger partial charge >= 0.3 is 0 Å². The molecule has 7 heteroatoms. The average molecular weight is 338 g/mol. The number of para-hydroxylation sites is 2. The van der Waals surface area contributed by atoms with Crippen molar-refractivity contribution in [2.24, 2.45) is 0 Å². The van der Waals surface area contributed by atoms with Crippen LogP contribution in [0.4, 0.5) is 5.69 Å². The molecule has 7 nitrogen and oxygen atoms in total. The number of carbonyl (C=O) groups is 1.